The third-order valence-electron chi connectivity index (χ3n) is 2.69. The molecular formula is C11H22N4. The molecule has 0 aliphatic heterocycles. The standard InChI is InChI=1S/C11H22N4/c1-4-8-15-10(3)13-14-11(15)9(2)6-5-7-12/h9H,4-8,12H2,1-3H3. The van der Waals surface area contributed by atoms with Gasteiger partial charge in [0.25, 0.3) is 0 Å². The van der Waals surface area contributed by atoms with Crippen LogP contribution in [0.25, 0.3) is 0 Å². The highest BCUT2D eigenvalue weighted by atomic mass is 15.3. The third-order valence-corrected chi connectivity index (χ3v) is 2.69. The van der Waals surface area contributed by atoms with Gasteiger partial charge >= 0.3 is 0 Å². The normalized spacial score (nSPS) is 13.1. The first kappa shape index (κ1) is 12.2. The van der Waals surface area contributed by atoms with Crippen molar-refractivity contribution in [3.8, 4) is 0 Å². The van der Waals surface area contributed by atoms with Crippen molar-refractivity contribution in [1.29, 1.82) is 0 Å². The minimum Gasteiger partial charge on any atom is -0.330 e. The van der Waals surface area contributed by atoms with E-state index in [1.54, 1.807) is 0 Å². The Kier molecular flexibility index (Phi) is 4.75. The van der Waals surface area contributed by atoms with E-state index in [1.807, 2.05) is 6.92 Å². The molecular weight excluding hydrogens is 188 g/mol. The van der Waals surface area contributed by atoms with Gasteiger partial charge in [0.1, 0.15) is 11.6 Å². The highest BCUT2D eigenvalue weighted by Crippen LogP contribution is 2.19. The number of rotatable bonds is 6. The molecule has 2 N–H and O–H groups in total. The highest BCUT2D eigenvalue weighted by Gasteiger charge is 2.14. The molecule has 1 heterocycles. The third kappa shape index (κ3) is 3.02. The summed E-state index contributed by atoms with van der Waals surface area (Å²) in [5.74, 6) is 2.59. The first-order chi connectivity index (χ1) is 7.20. The molecule has 0 bridgehead atoms. The van der Waals surface area contributed by atoms with Crippen LogP contribution in [0, 0.1) is 6.92 Å². The Morgan fingerprint density at radius 3 is 2.73 bits per heavy atom. The second-order valence-electron chi connectivity index (χ2n) is 4.09. The zero-order valence-electron chi connectivity index (χ0n) is 10.0. The molecule has 4 nitrogen and oxygen atoms in total. The maximum absolute atomic E-state index is 5.51. The van der Waals surface area contributed by atoms with E-state index in [2.05, 4.69) is 28.6 Å². The molecule has 1 atom stereocenters. The van der Waals surface area contributed by atoms with E-state index < -0.39 is 0 Å². The smallest absolute Gasteiger partial charge is 0.135 e. The van der Waals surface area contributed by atoms with E-state index in [0.717, 1.165) is 44.0 Å². The lowest BCUT2D eigenvalue weighted by molar-refractivity contribution is 0.546. The maximum atomic E-state index is 5.51. The topological polar surface area (TPSA) is 56.7 Å². The summed E-state index contributed by atoms with van der Waals surface area (Å²) in [6.07, 6.45) is 3.27. The predicted octanol–water partition coefficient (Wildman–Crippen LogP) is 1.84. The first-order valence-corrected chi connectivity index (χ1v) is 5.80. The summed E-state index contributed by atoms with van der Waals surface area (Å²) in [6.45, 7) is 8.16. The summed E-state index contributed by atoms with van der Waals surface area (Å²) < 4.78 is 2.22. The highest BCUT2D eigenvalue weighted by molar-refractivity contribution is 4.99. The summed E-state index contributed by atoms with van der Waals surface area (Å²) >= 11 is 0. The van der Waals surface area contributed by atoms with Gasteiger partial charge in [-0.15, -0.1) is 10.2 Å². The molecule has 0 aromatic carbocycles. The van der Waals surface area contributed by atoms with Crippen LogP contribution in [0.2, 0.25) is 0 Å². The van der Waals surface area contributed by atoms with Gasteiger partial charge in [-0.05, 0) is 32.7 Å². The summed E-state index contributed by atoms with van der Waals surface area (Å²) in [6, 6.07) is 0. The molecule has 0 amide bonds. The van der Waals surface area contributed by atoms with Crippen molar-refractivity contribution in [1.82, 2.24) is 14.8 Å². The Bertz CT molecular complexity index is 293. The average molecular weight is 210 g/mol. The molecule has 15 heavy (non-hydrogen) atoms. The van der Waals surface area contributed by atoms with Crippen molar-refractivity contribution >= 4 is 0 Å². The summed E-state index contributed by atoms with van der Waals surface area (Å²) in [5, 5.41) is 8.41. The molecule has 0 saturated heterocycles. The maximum Gasteiger partial charge on any atom is 0.135 e. The van der Waals surface area contributed by atoms with Gasteiger partial charge in [0.2, 0.25) is 0 Å². The Labute approximate surface area is 91.9 Å². The first-order valence-electron chi connectivity index (χ1n) is 5.80. The number of aryl methyl sites for hydroxylation is 1. The van der Waals surface area contributed by atoms with Gasteiger partial charge in [0.15, 0.2) is 0 Å². The van der Waals surface area contributed by atoms with E-state index in [1.165, 1.54) is 0 Å². The fourth-order valence-corrected chi connectivity index (χ4v) is 1.82. The Morgan fingerprint density at radius 1 is 1.40 bits per heavy atom. The molecule has 0 saturated carbocycles. The minimum atomic E-state index is 0.460. The molecule has 0 aliphatic carbocycles. The van der Waals surface area contributed by atoms with Crippen molar-refractivity contribution in [2.45, 2.75) is 52.5 Å². The van der Waals surface area contributed by atoms with E-state index in [-0.39, 0.29) is 0 Å². The van der Waals surface area contributed by atoms with Crippen LogP contribution in [0.5, 0.6) is 0 Å². The predicted molar refractivity (Wildman–Crippen MR) is 61.8 cm³/mol. The number of nitrogens with zero attached hydrogens (tertiary/aromatic N) is 3. The van der Waals surface area contributed by atoms with Gasteiger partial charge in [-0.3, -0.25) is 0 Å². The molecule has 1 aromatic heterocycles. The lowest BCUT2D eigenvalue weighted by atomic mass is 10.0. The number of hydrogen-bond acceptors (Lipinski definition) is 3. The number of aromatic nitrogens is 3. The summed E-state index contributed by atoms with van der Waals surface area (Å²) in [7, 11) is 0. The largest absolute Gasteiger partial charge is 0.330 e. The lowest BCUT2D eigenvalue weighted by Crippen LogP contribution is -2.10. The van der Waals surface area contributed by atoms with Crippen LogP contribution >= 0.6 is 0 Å². The fourth-order valence-electron chi connectivity index (χ4n) is 1.82. The molecule has 0 fully saturated rings. The van der Waals surface area contributed by atoms with Gasteiger partial charge < -0.3 is 10.3 Å². The lowest BCUT2D eigenvalue weighted by Gasteiger charge is -2.12. The zero-order chi connectivity index (χ0) is 11.3. The van der Waals surface area contributed by atoms with E-state index in [4.69, 9.17) is 5.73 Å². The second-order valence-corrected chi connectivity index (χ2v) is 4.09. The molecule has 4 heteroatoms. The monoisotopic (exact) mass is 210 g/mol. The van der Waals surface area contributed by atoms with Crippen molar-refractivity contribution in [3.63, 3.8) is 0 Å². The summed E-state index contributed by atoms with van der Waals surface area (Å²) in [5.41, 5.74) is 5.51. The Balaban J connectivity index is 2.74. The Hall–Kier alpha value is -0.900. The number of nitrogens with two attached hydrogens (primary N) is 1. The Morgan fingerprint density at radius 2 is 2.13 bits per heavy atom. The average Bonchev–Trinajstić information content (AvgIpc) is 2.58. The van der Waals surface area contributed by atoms with Crippen LogP contribution in [-0.4, -0.2) is 21.3 Å². The molecule has 86 valence electrons. The minimum absolute atomic E-state index is 0.460. The van der Waals surface area contributed by atoms with Crippen LogP contribution in [0.4, 0.5) is 0 Å². The second kappa shape index (κ2) is 5.85. The number of hydrogen-bond donors (Lipinski definition) is 1. The molecule has 0 aliphatic rings. The van der Waals surface area contributed by atoms with Crippen molar-refractivity contribution in [2.24, 2.45) is 5.73 Å². The van der Waals surface area contributed by atoms with Gasteiger partial charge in [0.05, 0.1) is 0 Å². The van der Waals surface area contributed by atoms with Crippen LogP contribution < -0.4 is 5.73 Å². The van der Waals surface area contributed by atoms with E-state index >= 15 is 0 Å². The zero-order valence-corrected chi connectivity index (χ0v) is 10.0. The molecule has 1 unspecified atom stereocenters. The van der Waals surface area contributed by atoms with E-state index in [9.17, 15) is 0 Å². The quantitative estimate of drug-likeness (QED) is 0.779. The van der Waals surface area contributed by atoms with Gasteiger partial charge in [0, 0.05) is 12.5 Å². The molecule has 0 spiro atoms. The van der Waals surface area contributed by atoms with Gasteiger partial charge in [-0.25, -0.2) is 0 Å². The van der Waals surface area contributed by atoms with Crippen LogP contribution in [0.15, 0.2) is 0 Å². The fraction of sp³-hybridized carbons (Fsp3) is 0.818. The van der Waals surface area contributed by atoms with Crippen LogP contribution in [-0.2, 0) is 6.54 Å². The van der Waals surface area contributed by atoms with Crippen LogP contribution in [0.3, 0.4) is 0 Å². The summed E-state index contributed by atoms with van der Waals surface area (Å²) in [4.78, 5) is 0. The van der Waals surface area contributed by atoms with Crippen molar-refractivity contribution < 1.29 is 0 Å². The molecule has 1 rings (SSSR count). The molecule has 1 aromatic rings. The van der Waals surface area contributed by atoms with E-state index in [0.29, 0.717) is 5.92 Å². The van der Waals surface area contributed by atoms with Crippen molar-refractivity contribution in [2.75, 3.05) is 6.54 Å². The van der Waals surface area contributed by atoms with Crippen molar-refractivity contribution in [3.05, 3.63) is 11.6 Å². The molecule has 0 radical (unpaired) electrons. The van der Waals surface area contributed by atoms with Gasteiger partial charge in [-0.1, -0.05) is 13.8 Å². The van der Waals surface area contributed by atoms with Crippen LogP contribution in [0.1, 0.15) is 50.7 Å². The van der Waals surface area contributed by atoms with Gasteiger partial charge in [-0.2, -0.15) is 0 Å². The SMILES string of the molecule is CCCn1c(C)nnc1C(C)CCCN.